The van der Waals surface area contributed by atoms with E-state index in [-0.39, 0.29) is 17.6 Å². The summed E-state index contributed by atoms with van der Waals surface area (Å²) in [7, 11) is 0. The number of nitrogens with one attached hydrogen (secondary N) is 2. The number of carbonyl (C=O) groups is 1. The number of thiophene rings is 1. The number of hydrogen-bond donors (Lipinski definition) is 4. The number of nitrogens with zero attached hydrogens (tertiary/aromatic N) is 3. The molecule has 9 nitrogen and oxygen atoms in total. The molecule has 2 atom stereocenters. The van der Waals surface area contributed by atoms with Crippen LogP contribution in [0, 0.1) is 0 Å². The Labute approximate surface area is 159 Å². The Morgan fingerprint density at radius 2 is 2.26 bits per heavy atom. The van der Waals surface area contributed by atoms with Gasteiger partial charge in [0.15, 0.2) is 0 Å². The van der Waals surface area contributed by atoms with Gasteiger partial charge in [0.2, 0.25) is 5.95 Å². The number of aromatic nitrogens is 3. The number of hydrogen-bond acceptors (Lipinski definition) is 9. The molecule has 0 bridgehead atoms. The lowest BCUT2D eigenvalue weighted by atomic mass is 10.1. The molecule has 140 valence electrons. The molecule has 27 heavy (non-hydrogen) atoms. The van der Waals surface area contributed by atoms with Crippen LogP contribution < -0.4 is 22.1 Å². The fraction of sp³-hybridized carbons (Fsp3) is 0.294. The number of carbonyl (C=O) groups excluding carboxylic acids is 1. The van der Waals surface area contributed by atoms with Crippen molar-refractivity contribution < 1.29 is 9.53 Å². The van der Waals surface area contributed by atoms with Crippen LogP contribution in [0.2, 0.25) is 0 Å². The van der Waals surface area contributed by atoms with Crippen LogP contribution in [0.15, 0.2) is 29.9 Å². The van der Waals surface area contributed by atoms with Gasteiger partial charge < -0.3 is 26.8 Å². The molecular formula is C17H19N7O2S. The minimum atomic E-state index is -0.607. The largest absolute Gasteiger partial charge is 0.380 e. The number of nitrogens with two attached hydrogens (primary N) is 2. The van der Waals surface area contributed by atoms with Crippen LogP contribution in [-0.2, 0) is 4.74 Å². The van der Waals surface area contributed by atoms with E-state index in [2.05, 4.69) is 25.6 Å². The number of ether oxygens (including phenoxy) is 1. The van der Waals surface area contributed by atoms with Crippen molar-refractivity contribution in [2.75, 3.05) is 23.8 Å². The Morgan fingerprint density at radius 1 is 1.37 bits per heavy atom. The van der Waals surface area contributed by atoms with Crippen molar-refractivity contribution in [1.29, 1.82) is 0 Å². The highest BCUT2D eigenvalue weighted by molar-refractivity contribution is 7.17. The molecule has 0 aliphatic carbocycles. The summed E-state index contributed by atoms with van der Waals surface area (Å²) in [6, 6.07) is 3.65. The molecule has 1 aliphatic rings. The third-order valence-electron chi connectivity index (χ3n) is 4.37. The SMILES string of the molecule is NC(=O)c1cnc(N[C@@H]2CCOC[C@@H]2N)nc1Nc1csc2ncccc12. The molecule has 4 heterocycles. The Bertz CT molecular complexity index is 977. The third kappa shape index (κ3) is 3.68. The van der Waals surface area contributed by atoms with Crippen LogP contribution in [0.3, 0.4) is 0 Å². The number of primary amides is 1. The van der Waals surface area contributed by atoms with Gasteiger partial charge in [-0.15, -0.1) is 11.3 Å². The van der Waals surface area contributed by atoms with Crippen molar-refractivity contribution in [2.24, 2.45) is 11.5 Å². The maximum absolute atomic E-state index is 11.8. The van der Waals surface area contributed by atoms with E-state index < -0.39 is 5.91 Å². The van der Waals surface area contributed by atoms with Crippen LogP contribution in [0.25, 0.3) is 10.2 Å². The maximum Gasteiger partial charge on any atom is 0.254 e. The topological polar surface area (TPSA) is 141 Å². The average Bonchev–Trinajstić information content (AvgIpc) is 3.07. The summed E-state index contributed by atoms with van der Waals surface area (Å²) < 4.78 is 5.35. The molecule has 6 N–H and O–H groups in total. The second-order valence-corrected chi connectivity index (χ2v) is 7.09. The molecule has 1 amide bonds. The van der Waals surface area contributed by atoms with Gasteiger partial charge in [-0.3, -0.25) is 4.79 Å². The molecule has 3 aromatic rings. The van der Waals surface area contributed by atoms with Gasteiger partial charge in [0.05, 0.1) is 12.3 Å². The van der Waals surface area contributed by atoms with Crippen LogP contribution in [0.5, 0.6) is 0 Å². The van der Waals surface area contributed by atoms with Gasteiger partial charge >= 0.3 is 0 Å². The third-order valence-corrected chi connectivity index (χ3v) is 5.27. The van der Waals surface area contributed by atoms with E-state index in [4.69, 9.17) is 16.2 Å². The van der Waals surface area contributed by atoms with E-state index in [1.807, 2.05) is 17.5 Å². The van der Waals surface area contributed by atoms with Gasteiger partial charge in [-0.05, 0) is 18.6 Å². The Kier molecular flexibility index (Phi) is 4.84. The van der Waals surface area contributed by atoms with Crippen LogP contribution in [0.4, 0.5) is 17.5 Å². The lowest BCUT2D eigenvalue weighted by molar-refractivity contribution is 0.0751. The van der Waals surface area contributed by atoms with Crippen LogP contribution >= 0.6 is 11.3 Å². The predicted octanol–water partition coefficient (Wildman–Crippen LogP) is 1.46. The smallest absolute Gasteiger partial charge is 0.254 e. The van der Waals surface area contributed by atoms with Crippen molar-refractivity contribution >= 4 is 44.9 Å². The predicted molar refractivity (Wildman–Crippen MR) is 104 cm³/mol. The van der Waals surface area contributed by atoms with Gasteiger partial charge in [-0.25, -0.2) is 9.97 Å². The molecule has 1 fully saturated rings. The zero-order valence-electron chi connectivity index (χ0n) is 14.4. The van der Waals surface area contributed by atoms with Crippen LogP contribution in [0.1, 0.15) is 16.8 Å². The minimum Gasteiger partial charge on any atom is -0.380 e. The van der Waals surface area contributed by atoms with Gasteiger partial charge in [0, 0.05) is 41.9 Å². The van der Waals surface area contributed by atoms with Crippen molar-refractivity contribution in [2.45, 2.75) is 18.5 Å². The standard InChI is InChI=1S/C17H19N7O2S/c18-11-7-26-5-3-12(11)23-17-21-6-10(14(19)25)15(24-17)22-13-8-27-16-9(13)2-1-4-20-16/h1-2,4,6,8,11-12H,3,5,7,18H2,(H2,19,25)(H2,21,22,23,24)/t11-,12+/m0/s1. The molecule has 10 heteroatoms. The first-order chi connectivity index (χ1) is 13.1. The summed E-state index contributed by atoms with van der Waals surface area (Å²) in [4.78, 5) is 25.7. The Morgan fingerprint density at radius 3 is 3.07 bits per heavy atom. The molecule has 3 aromatic heterocycles. The number of fused-ring (bicyclic) bond motifs is 1. The molecule has 0 radical (unpaired) electrons. The lowest BCUT2D eigenvalue weighted by Gasteiger charge is -2.29. The summed E-state index contributed by atoms with van der Waals surface area (Å²) in [5.41, 5.74) is 12.6. The number of amides is 1. The number of pyridine rings is 1. The Hall–Kier alpha value is -2.82. The highest BCUT2D eigenvalue weighted by Gasteiger charge is 2.23. The van der Waals surface area contributed by atoms with Gasteiger partial charge in [0.25, 0.3) is 5.91 Å². The fourth-order valence-electron chi connectivity index (χ4n) is 2.92. The van der Waals surface area contributed by atoms with Crippen molar-refractivity contribution in [3.63, 3.8) is 0 Å². The second kappa shape index (κ2) is 7.43. The average molecular weight is 385 g/mol. The zero-order valence-corrected chi connectivity index (χ0v) is 15.2. The fourth-order valence-corrected chi connectivity index (χ4v) is 3.77. The highest BCUT2D eigenvalue weighted by Crippen LogP contribution is 2.31. The first kappa shape index (κ1) is 17.6. The van der Waals surface area contributed by atoms with E-state index in [1.54, 1.807) is 6.20 Å². The normalized spacial score (nSPS) is 19.7. The van der Waals surface area contributed by atoms with Crippen molar-refractivity contribution in [3.8, 4) is 0 Å². The molecule has 1 aliphatic heterocycles. The monoisotopic (exact) mass is 385 g/mol. The molecule has 1 saturated heterocycles. The summed E-state index contributed by atoms with van der Waals surface area (Å²) in [5.74, 6) is 0.108. The summed E-state index contributed by atoms with van der Waals surface area (Å²) in [6.07, 6.45) is 3.91. The first-order valence-corrected chi connectivity index (χ1v) is 9.35. The zero-order chi connectivity index (χ0) is 18.8. The minimum absolute atomic E-state index is 0.00259. The van der Waals surface area contributed by atoms with E-state index in [1.165, 1.54) is 17.5 Å². The van der Waals surface area contributed by atoms with E-state index >= 15 is 0 Å². The van der Waals surface area contributed by atoms with Gasteiger partial charge in [-0.2, -0.15) is 4.98 Å². The molecule has 0 spiro atoms. The molecule has 0 aromatic carbocycles. The number of anilines is 3. The first-order valence-electron chi connectivity index (χ1n) is 8.48. The number of rotatable bonds is 5. The van der Waals surface area contributed by atoms with Crippen molar-refractivity contribution in [1.82, 2.24) is 15.0 Å². The molecular weight excluding hydrogens is 366 g/mol. The summed E-state index contributed by atoms with van der Waals surface area (Å²) in [5, 5.41) is 9.28. The Balaban J connectivity index is 1.64. The summed E-state index contributed by atoms with van der Waals surface area (Å²) in [6.45, 7) is 1.11. The lowest BCUT2D eigenvalue weighted by Crippen LogP contribution is -2.47. The highest BCUT2D eigenvalue weighted by atomic mass is 32.1. The second-order valence-electron chi connectivity index (χ2n) is 6.23. The molecule has 0 unspecified atom stereocenters. The van der Waals surface area contributed by atoms with E-state index in [0.29, 0.717) is 25.0 Å². The molecule has 4 rings (SSSR count). The van der Waals surface area contributed by atoms with Crippen molar-refractivity contribution in [3.05, 3.63) is 35.5 Å². The van der Waals surface area contributed by atoms with E-state index in [9.17, 15) is 4.79 Å². The maximum atomic E-state index is 11.8. The van der Waals surface area contributed by atoms with E-state index in [0.717, 1.165) is 22.3 Å². The van der Waals surface area contributed by atoms with Gasteiger partial charge in [0.1, 0.15) is 16.2 Å². The quantitative estimate of drug-likeness (QED) is 0.517. The molecule has 0 saturated carbocycles. The van der Waals surface area contributed by atoms with Gasteiger partial charge in [-0.1, -0.05) is 0 Å². The van der Waals surface area contributed by atoms with Crippen LogP contribution in [-0.4, -0.2) is 46.2 Å². The summed E-state index contributed by atoms with van der Waals surface area (Å²) >= 11 is 1.50.